The zero-order valence-electron chi connectivity index (χ0n) is 16.2. The van der Waals surface area contributed by atoms with Gasteiger partial charge in [0, 0.05) is 6.42 Å². The fourth-order valence-electron chi connectivity index (χ4n) is 3.31. The molecule has 1 amide bonds. The van der Waals surface area contributed by atoms with E-state index < -0.39 is 0 Å². The Morgan fingerprint density at radius 1 is 1.04 bits per heavy atom. The molecule has 1 saturated heterocycles. The van der Waals surface area contributed by atoms with Crippen molar-refractivity contribution in [3.05, 3.63) is 59.7 Å². The minimum Gasteiger partial charge on any atom is -0.497 e. The second kappa shape index (κ2) is 8.91. The molecule has 2 aromatic rings. The summed E-state index contributed by atoms with van der Waals surface area (Å²) in [7, 11) is 3.30. The number of methoxy groups -OCH3 is 2. The summed E-state index contributed by atoms with van der Waals surface area (Å²) in [5, 5.41) is 0. The minimum absolute atomic E-state index is 0.0860. The standard InChI is InChI=1S/C22H27NO4/c1-16-15-27-21(18-7-11-20(26-3)12-8-18)14-23(16)22(24)13-6-17-4-9-19(25-2)10-5-17/h4-5,7-12,16,21H,6,13-15H2,1-3H3. The Morgan fingerprint density at radius 2 is 1.63 bits per heavy atom. The third-order valence-corrected chi connectivity index (χ3v) is 5.03. The van der Waals surface area contributed by atoms with E-state index in [1.54, 1.807) is 14.2 Å². The van der Waals surface area contributed by atoms with Gasteiger partial charge in [0.05, 0.1) is 33.4 Å². The maximum Gasteiger partial charge on any atom is 0.223 e. The van der Waals surface area contributed by atoms with Crippen molar-refractivity contribution in [2.24, 2.45) is 0 Å². The number of amides is 1. The molecule has 27 heavy (non-hydrogen) atoms. The van der Waals surface area contributed by atoms with E-state index in [1.165, 1.54) is 0 Å². The van der Waals surface area contributed by atoms with E-state index in [1.807, 2.05) is 60.4 Å². The first kappa shape index (κ1) is 19.2. The van der Waals surface area contributed by atoms with Crippen LogP contribution in [-0.2, 0) is 16.0 Å². The van der Waals surface area contributed by atoms with Crippen molar-refractivity contribution in [3.8, 4) is 11.5 Å². The van der Waals surface area contributed by atoms with Crippen molar-refractivity contribution in [1.29, 1.82) is 0 Å². The van der Waals surface area contributed by atoms with E-state index in [2.05, 4.69) is 0 Å². The average Bonchev–Trinajstić information content (AvgIpc) is 2.73. The smallest absolute Gasteiger partial charge is 0.223 e. The summed E-state index contributed by atoms with van der Waals surface area (Å²) in [6.45, 7) is 3.16. The predicted octanol–water partition coefficient (Wildman–Crippen LogP) is 3.63. The Morgan fingerprint density at radius 3 is 2.22 bits per heavy atom. The van der Waals surface area contributed by atoms with E-state index in [4.69, 9.17) is 14.2 Å². The summed E-state index contributed by atoms with van der Waals surface area (Å²) in [4.78, 5) is 14.8. The van der Waals surface area contributed by atoms with Gasteiger partial charge in [-0.1, -0.05) is 24.3 Å². The molecular formula is C22H27NO4. The van der Waals surface area contributed by atoms with Gasteiger partial charge in [-0.25, -0.2) is 0 Å². The highest BCUT2D eigenvalue weighted by Gasteiger charge is 2.30. The molecule has 5 nitrogen and oxygen atoms in total. The summed E-state index contributed by atoms with van der Waals surface area (Å²) in [5.41, 5.74) is 2.20. The lowest BCUT2D eigenvalue weighted by atomic mass is 10.0. The molecular weight excluding hydrogens is 342 g/mol. The number of rotatable bonds is 6. The Hall–Kier alpha value is -2.53. The molecule has 1 aliphatic heterocycles. The van der Waals surface area contributed by atoms with E-state index in [9.17, 15) is 4.79 Å². The molecule has 3 rings (SSSR count). The maximum atomic E-state index is 12.8. The Labute approximate surface area is 160 Å². The lowest BCUT2D eigenvalue weighted by Crippen LogP contribution is -2.48. The number of morpholine rings is 1. The highest BCUT2D eigenvalue weighted by molar-refractivity contribution is 5.77. The van der Waals surface area contributed by atoms with Crippen molar-refractivity contribution in [1.82, 2.24) is 4.90 Å². The van der Waals surface area contributed by atoms with Crippen LogP contribution in [0, 0.1) is 0 Å². The van der Waals surface area contributed by atoms with Crippen LogP contribution >= 0.6 is 0 Å². The largest absolute Gasteiger partial charge is 0.497 e. The Bertz CT molecular complexity index is 742. The van der Waals surface area contributed by atoms with Gasteiger partial charge in [-0.05, 0) is 48.7 Å². The first-order chi connectivity index (χ1) is 13.1. The fourth-order valence-corrected chi connectivity index (χ4v) is 3.31. The molecule has 0 N–H and O–H groups in total. The predicted molar refractivity (Wildman–Crippen MR) is 104 cm³/mol. The third-order valence-electron chi connectivity index (χ3n) is 5.03. The maximum absolute atomic E-state index is 12.8. The highest BCUT2D eigenvalue weighted by atomic mass is 16.5. The topological polar surface area (TPSA) is 48.0 Å². The number of aryl methyl sites for hydroxylation is 1. The molecule has 0 aliphatic carbocycles. The second-order valence-electron chi connectivity index (χ2n) is 6.84. The number of ether oxygens (including phenoxy) is 3. The van der Waals surface area contributed by atoms with E-state index >= 15 is 0 Å². The van der Waals surface area contributed by atoms with Gasteiger partial charge in [0.25, 0.3) is 0 Å². The molecule has 0 saturated carbocycles. The van der Waals surface area contributed by atoms with Crippen molar-refractivity contribution in [2.45, 2.75) is 31.9 Å². The molecule has 0 bridgehead atoms. The number of benzene rings is 2. The molecule has 144 valence electrons. The number of hydrogen-bond donors (Lipinski definition) is 0. The van der Waals surface area contributed by atoms with Crippen LogP contribution in [-0.4, -0.2) is 44.2 Å². The molecule has 0 spiro atoms. The minimum atomic E-state index is -0.1000. The van der Waals surface area contributed by atoms with E-state index in [0.29, 0.717) is 19.6 Å². The van der Waals surface area contributed by atoms with Crippen LogP contribution in [0.5, 0.6) is 11.5 Å². The molecule has 5 heteroatoms. The van der Waals surface area contributed by atoms with Crippen LogP contribution in [0.3, 0.4) is 0 Å². The number of hydrogen-bond acceptors (Lipinski definition) is 4. The molecule has 2 unspecified atom stereocenters. The van der Waals surface area contributed by atoms with Gasteiger partial charge < -0.3 is 19.1 Å². The molecule has 2 aromatic carbocycles. The quantitative estimate of drug-likeness (QED) is 0.780. The normalized spacial score (nSPS) is 19.6. The van der Waals surface area contributed by atoms with Crippen LogP contribution in [0.4, 0.5) is 0 Å². The number of carbonyl (C=O) groups is 1. The molecule has 1 fully saturated rings. The molecule has 0 radical (unpaired) electrons. The molecule has 0 aromatic heterocycles. The van der Waals surface area contributed by atoms with Crippen LogP contribution in [0.2, 0.25) is 0 Å². The van der Waals surface area contributed by atoms with Crippen LogP contribution < -0.4 is 9.47 Å². The summed E-state index contributed by atoms with van der Waals surface area (Å²) in [5.74, 6) is 1.81. The van der Waals surface area contributed by atoms with Gasteiger partial charge in [0.15, 0.2) is 0 Å². The van der Waals surface area contributed by atoms with Gasteiger partial charge in [-0.2, -0.15) is 0 Å². The lowest BCUT2D eigenvalue weighted by molar-refractivity contribution is -0.144. The van der Waals surface area contributed by atoms with Crippen LogP contribution in [0.1, 0.15) is 30.6 Å². The fraction of sp³-hybridized carbons (Fsp3) is 0.409. The summed E-state index contributed by atoms with van der Waals surface area (Å²) >= 11 is 0. The Balaban J connectivity index is 1.60. The number of carbonyl (C=O) groups excluding carboxylic acids is 1. The SMILES string of the molecule is COc1ccc(CCC(=O)N2CC(c3ccc(OC)cc3)OCC2C)cc1. The summed E-state index contributed by atoms with van der Waals surface area (Å²) in [6.07, 6.45) is 1.11. The van der Waals surface area contributed by atoms with Gasteiger partial charge >= 0.3 is 0 Å². The van der Waals surface area contributed by atoms with Crippen molar-refractivity contribution >= 4 is 5.91 Å². The Kier molecular flexibility index (Phi) is 6.35. The molecule has 2 atom stereocenters. The lowest BCUT2D eigenvalue weighted by Gasteiger charge is -2.38. The molecule has 1 heterocycles. The van der Waals surface area contributed by atoms with E-state index in [-0.39, 0.29) is 18.1 Å². The number of nitrogens with zero attached hydrogens (tertiary/aromatic N) is 1. The van der Waals surface area contributed by atoms with Gasteiger partial charge in [0.1, 0.15) is 17.6 Å². The van der Waals surface area contributed by atoms with Gasteiger partial charge in [0.2, 0.25) is 5.91 Å². The molecule has 1 aliphatic rings. The third kappa shape index (κ3) is 4.80. The van der Waals surface area contributed by atoms with E-state index in [0.717, 1.165) is 29.0 Å². The zero-order valence-corrected chi connectivity index (χ0v) is 16.2. The van der Waals surface area contributed by atoms with Crippen LogP contribution in [0.15, 0.2) is 48.5 Å². The van der Waals surface area contributed by atoms with Gasteiger partial charge in [-0.15, -0.1) is 0 Å². The first-order valence-electron chi connectivity index (χ1n) is 9.28. The summed E-state index contributed by atoms with van der Waals surface area (Å²) in [6, 6.07) is 15.8. The average molecular weight is 369 g/mol. The van der Waals surface area contributed by atoms with Crippen molar-refractivity contribution < 1.29 is 19.0 Å². The summed E-state index contributed by atoms with van der Waals surface area (Å²) < 4.78 is 16.4. The first-order valence-corrected chi connectivity index (χ1v) is 9.28. The van der Waals surface area contributed by atoms with Crippen LogP contribution in [0.25, 0.3) is 0 Å². The van der Waals surface area contributed by atoms with Gasteiger partial charge in [-0.3, -0.25) is 4.79 Å². The monoisotopic (exact) mass is 369 g/mol. The van der Waals surface area contributed by atoms with Crippen molar-refractivity contribution in [3.63, 3.8) is 0 Å². The zero-order chi connectivity index (χ0) is 19.2. The van der Waals surface area contributed by atoms with Crippen molar-refractivity contribution in [2.75, 3.05) is 27.4 Å². The second-order valence-corrected chi connectivity index (χ2v) is 6.84. The highest BCUT2D eigenvalue weighted by Crippen LogP contribution is 2.27.